The summed E-state index contributed by atoms with van der Waals surface area (Å²) in [6, 6.07) is 41.4. The molecule has 3 heteroatoms. The Labute approximate surface area is 227 Å². The largest absolute Gasteiger partial charge is 0.455 e. The summed E-state index contributed by atoms with van der Waals surface area (Å²) >= 11 is 1.81. The SMILES string of the molecule is c1ccc(-n2ccc3cc4c(cc(-c5csc6ccccc56)c5ccc6c7ccccc7oc6c54)cc32)cc1. The molecule has 0 bridgehead atoms. The molecule has 182 valence electrons. The Morgan fingerprint density at radius 1 is 0.564 bits per heavy atom. The minimum Gasteiger partial charge on any atom is -0.455 e. The Morgan fingerprint density at radius 2 is 1.36 bits per heavy atom. The van der Waals surface area contributed by atoms with Crippen LogP contribution < -0.4 is 0 Å². The van der Waals surface area contributed by atoms with Crippen molar-refractivity contribution >= 4 is 75.8 Å². The topological polar surface area (TPSA) is 18.1 Å². The first kappa shape index (κ1) is 21.1. The maximum atomic E-state index is 6.62. The van der Waals surface area contributed by atoms with Gasteiger partial charge in [0.05, 0.1) is 5.52 Å². The number of thiophene rings is 1. The van der Waals surface area contributed by atoms with Crippen molar-refractivity contribution in [1.29, 1.82) is 0 Å². The van der Waals surface area contributed by atoms with Crippen molar-refractivity contribution in [3.8, 4) is 16.8 Å². The van der Waals surface area contributed by atoms with Crippen LogP contribution in [0.3, 0.4) is 0 Å². The highest BCUT2D eigenvalue weighted by Crippen LogP contribution is 2.45. The minimum atomic E-state index is 0.927. The van der Waals surface area contributed by atoms with Crippen LogP contribution in [0.1, 0.15) is 0 Å². The van der Waals surface area contributed by atoms with Crippen molar-refractivity contribution in [2.24, 2.45) is 0 Å². The molecule has 0 spiro atoms. The first-order valence-corrected chi connectivity index (χ1v) is 14.1. The van der Waals surface area contributed by atoms with Crippen molar-refractivity contribution in [2.45, 2.75) is 0 Å². The molecule has 0 aliphatic rings. The van der Waals surface area contributed by atoms with Crippen LogP contribution in [-0.4, -0.2) is 4.57 Å². The van der Waals surface area contributed by atoms with E-state index in [1.807, 2.05) is 6.07 Å². The standard InChI is InChI=1S/C36H21NOS/c1-2-8-24(9-3-1)37-17-16-22-18-29-23(20-32(22)37)19-30(31-21-39-34-13-7-5-11-26(31)34)27-14-15-28-25-10-4-6-12-33(25)38-36(28)35(27)29/h1-21H. The number of fused-ring (bicyclic) bond motifs is 9. The lowest BCUT2D eigenvalue weighted by molar-refractivity contribution is 0.673. The molecule has 6 aromatic carbocycles. The summed E-state index contributed by atoms with van der Waals surface area (Å²) in [5.74, 6) is 0. The average molecular weight is 516 g/mol. The highest BCUT2D eigenvalue weighted by atomic mass is 32.1. The molecule has 9 aromatic rings. The molecule has 3 aromatic heterocycles. The van der Waals surface area contributed by atoms with Gasteiger partial charge in [0.15, 0.2) is 0 Å². The van der Waals surface area contributed by atoms with E-state index in [1.54, 1.807) is 11.3 Å². The number of benzene rings is 6. The number of aromatic nitrogens is 1. The minimum absolute atomic E-state index is 0.927. The maximum absolute atomic E-state index is 6.62. The molecule has 0 N–H and O–H groups in total. The number of hydrogen-bond acceptors (Lipinski definition) is 2. The second-order valence-corrected chi connectivity index (χ2v) is 11.1. The van der Waals surface area contributed by atoms with Crippen molar-refractivity contribution in [3.63, 3.8) is 0 Å². The molecule has 0 saturated carbocycles. The zero-order chi connectivity index (χ0) is 25.5. The fourth-order valence-corrected chi connectivity index (χ4v) is 7.23. The molecular weight excluding hydrogens is 494 g/mol. The highest BCUT2D eigenvalue weighted by Gasteiger charge is 2.19. The molecule has 0 aliphatic carbocycles. The number of furan rings is 1. The van der Waals surface area contributed by atoms with E-state index in [0.29, 0.717) is 0 Å². The Morgan fingerprint density at radius 3 is 2.28 bits per heavy atom. The van der Waals surface area contributed by atoms with E-state index in [-0.39, 0.29) is 0 Å². The van der Waals surface area contributed by atoms with Gasteiger partial charge in [-0.3, -0.25) is 0 Å². The Bertz CT molecular complexity index is 2390. The van der Waals surface area contributed by atoms with Crippen LogP contribution in [-0.2, 0) is 0 Å². The number of para-hydroxylation sites is 2. The summed E-state index contributed by atoms with van der Waals surface area (Å²) < 4.78 is 10.2. The molecular formula is C36H21NOS. The van der Waals surface area contributed by atoms with Gasteiger partial charge in [-0.1, -0.05) is 60.7 Å². The molecule has 2 nitrogen and oxygen atoms in total. The lowest BCUT2D eigenvalue weighted by atomic mass is 9.91. The monoisotopic (exact) mass is 515 g/mol. The molecule has 3 heterocycles. The lowest BCUT2D eigenvalue weighted by Crippen LogP contribution is -1.91. The molecule has 0 amide bonds. The molecule has 0 radical (unpaired) electrons. The van der Waals surface area contributed by atoms with Crippen molar-refractivity contribution in [1.82, 2.24) is 4.57 Å². The van der Waals surface area contributed by atoms with Gasteiger partial charge in [0, 0.05) is 49.1 Å². The fourth-order valence-electron chi connectivity index (χ4n) is 6.27. The third-order valence-corrected chi connectivity index (χ3v) is 9.04. The third-order valence-electron chi connectivity index (χ3n) is 8.07. The molecule has 0 saturated heterocycles. The van der Waals surface area contributed by atoms with Crippen molar-refractivity contribution < 1.29 is 4.42 Å². The molecule has 9 rings (SSSR count). The highest BCUT2D eigenvalue weighted by molar-refractivity contribution is 7.17. The normalized spacial score (nSPS) is 12.1. The Kier molecular flexibility index (Phi) is 4.24. The van der Waals surface area contributed by atoms with Gasteiger partial charge in [0.1, 0.15) is 11.2 Å². The van der Waals surface area contributed by atoms with Gasteiger partial charge in [-0.15, -0.1) is 11.3 Å². The smallest absolute Gasteiger partial charge is 0.143 e. The summed E-state index contributed by atoms with van der Waals surface area (Å²) in [7, 11) is 0. The van der Waals surface area contributed by atoms with Gasteiger partial charge in [-0.2, -0.15) is 0 Å². The van der Waals surface area contributed by atoms with Gasteiger partial charge in [0.2, 0.25) is 0 Å². The van der Waals surface area contributed by atoms with Crippen molar-refractivity contribution in [2.75, 3.05) is 0 Å². The van der Waals surface area contributed by atoms with E-state index < -0.39 is 0 Å². The first-order valence-electron chi connectivity index (χ1n) is 13.2. The number of hydrogen-bond donors (Lipinski definition) is 0. The number of rotatable bonds is 2. The van der Waals surface area contributed by atoms with Gasteiger partial charge in [-0.25, -0.2) is 0 Å². The van der Waals surface area contributed by atoms with Crippen LogP contribution in [0.25, 0.3) is 81.3 Å². The van der Waals surface area contributed by atoms with E-state index in [9.17, 15) is 0 Å². The Balaban J connectivity index is 1.47. The zero-order valence-electron chi connectivity index (χ0n) is 20.9. The fraction of sp³-hybridized carbons (Fsp3) is 0. The Hall–Kier alpha value is -4.86. The molecule has 0 atom stereocenters. The van der Waals surface area contributed by atoms with Crippen LogP contribution in [0.15, 0.2) is 131 Å². The number of nitrogens with zero attached hydrogens (tertiary/aromatic N) is 1. The van der Waals surface area contributed by atoms with Gasteiger partial charge in [0.25, 0.3) is 0 Å². The predicted octanol–water partition coefficient (Wildman–Crippen LogP) is 10.7. The van der Waals surface area contributed by atoms with E-state index in [0.717, 1.165) is 27.6 Å². The maximum Gasteiger partial charge on any atom is 0.143 e. The second-order valence-electron chi connectivity index (χ2n) is 10.2. The predicted molar refractivity (Wildman–Crippen MR) is 166 cm³/mol. The van der Waals surface area contributed by atoms with Crippen LogP contribution in [0.4, 0.5) is 0 Å². The van der Waals surface area contributed by atoms with E-state index in [4.69, 9.17) is 4.42 Å². The van der Waals surface area contributed by atoms with Crippen molar-refractivity contribution in [3.05, 3.63) is 127 Å². The van der Waals surface area contributed by atoms with Crippen LogP contribution in [0.5, 0.6) is 0 Å². The quantitative estimate of drug-likeness (QED) is 0.209. The van der Waals surface area contributed by atoms with Gasteiger partial charge in [-0.05, 0) is 81.7 Å². The van der Waals surface area contributed by atoms with Gasteiger partial charge >= 0.3 is 0 Å². The van der Waals surface area contributed by atoms with Crippen LogP contribution >= 0.6 is 11.3 Å². The third kappa shape index (κ3) is 2.96. The summed E-state index contributed by atoms with van der Waals surface area (Å²) in [6.07, 6.45) is 2.17. The summed E-state index contributed by atoms with van der Waals surface area (Å²) in [5.41, 5.74) is 6.77. The molecule has 0 aliphatic heterocycles. The molecule has 39 heavy (non-hydrogen) atoms. The van der Waals surface area contributed by atoms with Crippen LogP contribution in [0, 0.1) is 0 Å². The molecule has 0 fully saturated rings. The van der Waals surface area contributed by atoms with E-state index in [2.05, 4.69) is 125 Å². The van der Waals surface area contributed by atoms with E-state index in [1.165, 1.54) is 53.7 Å². The van der Waals surface area contributed by atoms with E-state index >= 15 is 0 Å². The van der Waals surface area contributed by atoms with Crippen LogP contribution in [0.2, 0.25) is 0 Å². The summed E-state index contributed by atoms with van der Waals surface area (Å²) in [4.78, 5) is 0. The average Bonchev–Trinajstić information content (AvgIpc) is 3.71. The zero-order valence-corrected chi connectivity index (χ0v) is 21.7. The summed E-state index contributed by atoms with van der Waals surface area (Å²) in [6.45, 7) is 0. The first-order chi connectivity index (χ1) is 19.3. The molecule has 0 unspecified atom stereocenters. The lowest BCUT2D eigenvalue weighted by Gasteiger charge is -2.13. The van der Waals surface area contributed by atoms with Gasteiger partial charge < -0.3 is 8.98 Å². The second kappa shape index (κ2) is 7.83. The summed E-state index contributed by atoms with van der Waals surface area (Å²) in [5, 5.41) is 12.0.